The summed E-state index contributed by atoms with van der Waals surface area (Å²) in [6.45, 7) is 4.46. The molecule has 0 saturated carbocycles. The minimum absolute atomic E-state index is 0.146. The van der Waals surface area contributed by atoms with Gasteiger partial charge in [-0.3, -0.25) is 0 Å². The van der Waals surface area contributed by atoms with Gasteiger partial charge in [0.15, 0.2) is 0 Å². The summed E-state index contributed by atoms with van der Waals surface area (Å²) < 4.78 is 12.6. The molecule has 0 nitrogen and oxygen atoms in total. The van der Waals surface area contributed by atoms with Gasteiger partial charge in [-0.15, -0.1) is 0 Å². The van der Waals surface area contributed by atoms with E-state index in [4.69, 9.17) is 0 Å². The van der Waals surface area contributed by atoms with Crippen molar-refractivity contribution in [2.24, 2.45) is 5.92 Å². The van der Waals surface area contributed by atoms with Crippen molar-refractivity contribution in [3.63, 3.8) is 0 Å². The largest absolute Gasteiger partial charge is 0.207 e. The normalized spacial score (nSPS) is 12.8. The fourth-order valence-electron chi connectivity index (χ4n) is 1.27. The second-order valence-electron chi connectivity index (χ2n) is 3.68. The van der Waals surface area contributed by atoms with Crippen LogP contribution >= 0.6 is 0 Å². The van der Waals surface area contributed by atoms with E-state index in [9.17, 15) is 4.39 Å². The van der Waals surface area contributed by atoms with Crippen molar-refractivity contribution < 1.29 is 4.39 Å². The molecule has 0 bridgehead atoms. The molecule has 13 heavy (non-hydrogen) atoms. The lowest BCUT2D eigenvalue weighted by molar-refractivity contribution is 0.516. The first-order chi connectivity index (χ1) is 6.22. The summed E-state index contributed by atoms with van der Waals surface area (Å²) >= 11 is 0. The smallest absolute Gasteiger partial charge is 0.123 e. The van der Waals surface area contributed by atoms with E-state index in [0.29, 0.717) is 0 Å². The van der Waals surface area contributed by atoms with Crippen LogP contribution in [0.3, 0.4) is 0 Å². The van der Waals surface area contributed by atoms with Crippen molar-refractivity contribution >= 4 is 0 Å². The van der Waals surface area contributed by atoms with Gasteiger partial charge in [-0.2, -0.15) is 0 Å². The number of hydrogen-bond donors (Lipinski definition) is 0. The van der Waals surface area contributed by atoms with Crippen molar-refractivity contribution in [1.29, 1.82) is 0 Å². The van der Waals surface area contributed by atoms with Crippen LogP contribution in [0.4, 0.5) is 4.39 Å². The van der Waals surface area contributed by atoms with E-state index in [0.717, 1.165) is 12.3 Å². The molecule has 72 valence electrons. The van der Waals surface area contributed by atoms with Crippen LogP contribution in [-0.4, -0.2) is 0 Å². The molecular weight excluding hydrogens is 163 g/mol. The zero-order chi connectivity index (χ0) is 9.68. The SMILES string of the molecule is CCC(C)CCc1ccc(F)cc1. The molecule has 0 spiro atoms. The van der Waals surface area contributed by atoms with Crippen LogP contribution < -0.4 is 0 Å². The predicted octanol–water partition coefficient (Wildman–Crippen LogP) is 3.80. The molecule has 1 unspecified atom stereocenters. The lowest BCUT2D eigenvalue weighted by Gasteiger charge is -2.07. The number of halogens is 1. The van der Waals surface area contributed by atoms with Gasteiger partial charge in [-0.05, 0) is 36.5 Å². The van der Waals surface area contributed by atoms with Crippen LogP contribution in [0, 0.1) is 11.7 Å². The van der Waals surface area contributed by atoms with Gasteiger partial charge in [-0.25, -0.2) is 4.39 Å². The molecule has 1 aromatic rings. The van der Waals surface area contributed by atoms with Crippen LogP contribution in [0.1, 0.15) is 32.3 Å². The highest BCUT2D eigenvalue weighted by molar-refractivity contribution is 5.15. The molecule has 1 heteroatoms. The Hall–Kier alpha value is -0.850. The average molecular weight is 180 g/mol. The maximum absolute atomic E-state index is 12.6. The summed E-state index contributed by atoms with van der Waals surface area (Å²) in [6, 6.07) is 6.81. The van der Waals surface area contributed by atoms with Crippen LogP contribution in [0.5, 0.6) is 0 Å². The first-order valence-electron chi connectivity index (χ1n) is 4.96. The zero-order valence-electron chi connectivity index (χ0n) is 8.39. The fraction of sp³-hybridized carbons (Fsp3) is 0.500. The standard InChI is InChI=1S/C12H17F/c1-3-10(2)4-5-11-6-8-12(13)9-7-11/h6-10H,3-5H2,1-2H3. The van der Waals surface area contributed by atoms with Gasteiger partial charge in [-0.1, -0.05) is 32.4 Å². The highest BCUT2D eigenvalue weighted by Gasteiger charge is 1.99. The summed E-state index contributed by atoms with van der Waals surface area (Å²) in [7, 11) is 0. The van der Waals surface area contributed by atoms with E-state index in [1.54, 1.807) is 0 Å². The number of hydrogen-bond acceptors (Lipinski definition) is 0. The molecule has 0 saturated heterocycles. The average Bonchev–Trinajstić information content (AvgIpc) is 2.16. The van der Waals surface area contributed by atoms with Gasteiger partial charge in [0, 0.05) is 0 Å². The molecule has 0 aromatic heterocycles. The quantitative estimate of drug-likeness (QED) is 0.661. The second-order valence-corrected chi connectivity index (χ2v) is 3.68. The maximum Gasteiger partial charge on any atom is 0.123 e. The van der Waals surface area contributed by atoms with E-state index >= 15 is 0 Å². The number of aryl methyl sites for hydroxylation is 1. The Morgan fingerprint density at radius 3 is 2.38 bits per heavy atom. The molecule has 0 amide bonds. The van der Waals surface area contributed by atoms with Gasteiger partial charge in [0.2, 0.25) is 0 Å². The van der Waals surface area contributed by atoms with Gasteiger partial charge < -0.3 is 0 Å². The Bertz CT molecular complexity index is 238. The number of benzene rings is 1. The maximum atomic E-state index is 12.6. The summed E-state index contributed by atoms with van der Waals surface area (Å²) in [5.74, 6) is 0.623. The third-order valence-electron chi connectivity index (χ3n) is 2.54. The molecule has 0 heterocycles. The molecular formula is C12H17F. The monoisotopic (exact) mass is 180 g/mol. The third-order valence-corrected chi connectivity index (χ3v) is 2.54. The van der Waals surface area contributed by atoms with Crippen LogP contribution in [0.25, 0.3) is 0 Å². The Labute approximate surface area is 79.8 Å². The lowest BCUT2D eigenvalue weighted by Crippen LogP contribution is -1.95. The second kappa shape index (κ2) is 5.00. The van der Waals surface area contributed by atoms with E-state index in [1.165, 1.54) is 30.5 Å². The van der Waals surface area contributed by atoms with Crippen molar-refractivity contribution in [3.05, 3.63) is 35.6 Å². The summed E-state index contributed by atoms with van der Waals surface area (Å²) in [5, 5.41) is 0. The van der Waals surface area contributed by atoms with E-state index in [2.05, 4.69) is 13.8 Å². The fourth-order valence-corrected chi connectivity index (χ4v) is 1.27. The van der Waals surface area contributed by atoms with E-state index in [-0.39, 0.29) is 5.82 Å². The molecule has 0 aliphatic rings. The van der Waals surface area contributed by atoms with Gasteiger partial charge in [0.25, 0.3) is 0 Å². The van der Waals surface area contributed by atoms with E-state index in [1.807, 2.05) is 12.1 Å². The van der Waals surface area contributed by atoms with E-state index < -0.39 is 0 Å². The molecule has 0 aliphatic heterocycles. The van der Waals surface area contributed by atoms with Crippen molar-refractivity contribution in [1.82, 2.24) is 0 Å². The summed E-state index contributed by atoms with van der Waals surface area (Å²) in [6.07, 6.45) is 3.48. The molecule has 0 N–H and O–H groups in total. The zero-order valence-corrected chi connectivity index (χ0v) is 8.39. The number of rotatable bonds is 4. The highest BCUT2D eigenvalue weighted by Crippen LogP contribution is 2.12. The lowest BCUT2D eigenvalue weighted by atomic mass is 9.99. The van der Waals surface area contributed by atoms with Crippen molar-refractivity contribution in [3.8, 4) is 0 Å². The third kappa shape index (κ3) is 3.58. The summed E-state index contributed by atoms with van der Waals surface area (Å²) in [4.78, 5) is 0. The van der Waals surface area contributed by atoms with Gasteiger partial charge in [0.05, 0.1) is 0 Å². The Morgan fingerprint density at radius 2 is 1.85 bits per heavy atom. The Kier molecular flexibility index (Phi) is 3.94. The van der Waals surface area contributed by atoms with Crippen LogP contribution in [0.15, 0.2) is 24.3 Å². The molecule has 0 radical (unpaired) electrons. The molecule has 0 fully saturated rings. The van der Waals surface area contributed by atoms with Crippen LogP contribution in [-0.2, 0) is 6.42 Å². The van der Waals surface area contributed by atoms with Gasteiger partial charge in [0.1, 0.15) is 5.82 Å². The summed E-state index contributed by atoms with van der Waals surface area (Å²) in [5.41, 5.74) is 1.24. The Balaban J connectivity index is 2.41. The van der Waals surface area contributed by atoms with Crippen molar-refractivity contribution in [2.45, 2.75) is 33.1 Å². The Morgan fingerprint density at radius 1 is 1.23 bits per heavy atom. The first kappa shape index (κ1) is 10.2. The molecule has 1 aromatic carbocycles. The van der Waals surface area contributed by atoms with Gasteiger partial charge >= 0.3 is 0 Å². The first-order valence-corrected chi connectivity index (χ1v) is 4.96. The van der Waals surface area contributed by atoms with Crippen molar-refractivity contribution in [2.75, 3.05) is 0 Å². The highest BCUT2D eigenvalue weighted by atomic mass is 19.1. The molecule has 1 atom stereocenters. The minimum Gasteiger partial charge on any atom is -0.207 e. The molecule has 1 rings (SSSR count). The minimum atomic E-state index is -0.146. The van der Waals surface area contributed by atoms with Crippen LogP contribution in [0.2, 0.25) is 0 Å². The molecule has 0 aliphatic carbocycles. The predicted molar refractivity (Wildman–Crippen MR) is 54.2 cm³/mol. The topological polar surface area (TPSA) is 0 Å².